The van der Waals surface area contributed by atoms with Crippen molar-refractivity contribution in [2.24, 2.45) is 5.41 Å². The van der Waals surface area contributed by atoms with Gasteiger partial charge in [0.2, 0.25) is 12.1 Å². The summed E-state index contributed by atoms with van der Waals surface area (Å²) in [6, 6.07) is 0. The van der Waals surface area contributed by atoms with Crippen LogP contribution in [0.15, 0.2) is 0 Å². The Kier molecular flexibility index (Phi) is 3.04. The zero-order valence-corrected chi connectivity index (χ0v) is 11.6. The number of aliphatic hydroxyl groups is 2. The number of carbonyl (C=O) groups excluding carboxylic acids is 2. The van der Waals surface area contributed by atoms with Gasteiger partial charge in [0.25, 0.3) is 0 Å². The molecule has 0 aromatic carbocycles. The predicted molar refractivity (Wildman–Crippen MR) is 64.0 cm³/mol. The first kappa shape index (κ1) is 14.4. The van der Waals surface area contributed by atoms with Crippen LogP contribution in [-0.4, -0.2) is 45.6 Å². The summed E-state index contributed by atoms with van der Waals surface area (Å²) in [5.74, 6) is -1.14. The summed E-state index contributed by atoms with van der Waals surface area (Å²) >= 11 is 0. The quantitative estimate of drug-likeness (QED) is 0.660. The normalized spacial score (nSPS) is 44.8. The first-order valence-electron chi connectivity index (χ1n) is 6.33. The molecule has 0 aromatic rings. The van der Waals surface area contributed by atoms with Crippen LogP contribution in [0.25, 0.3) is 0 Å². The van der Waals surface area contributed by atoms with Crippen molar-refractivity contribution in [3.63, 3.8) is 0 Å². The van der Waals surface area contributed by atoms with E-state index >= 15 is 0 Å². The third kappa shape index (κ3) is 1.81. The van der Waals surface area contributed by atoms with Crippen molar-refractivity contribution in [2.75, 3.05) is 0 Å². The molecule has 4 atom stereocenters. The minimum absolute atomic E-state index is 0.176. The summed E-state index contributed by atoms with van der Waals surface area (Å²) in [6.45, 7) is 6.30. The Morgan fingerprint density at radius 2 is 1.95 bits per heavy atom. The smallest absolute Gasteiger partial charge is 0.302 e. The number of fused-ring (bicyclic) bond motifs is 1. The van der Waals surface area contributed by atoms with Crippen molar-refractivity contribution in [2.45, 2.75) is 64.1 Å². The molecular formula is C13H20O6. The standard InChI is InChI=1S/C13H20O6/c1-7(14)18-8-5-11(2,3)13(17)9(15)10(16)19-12(13,4)6-8/h8,10,16-17H,5-6H2,1-4H3. The average molecular weight is 272 g/mol. The van der Waals surface area contributed by atoms with Gasteiger partial charge in [-0.05, 0) is 13.3 Å². The molecule has 1 heterocycles. The molecule has 1 aliphatic heterocycles. The van der Waals surface area contributed by atoms with Crippen LogP contribution in [0.2, 0.25) is 0 Å². The number of aliphatic hydroxyl groups excluding tert-OH is 1. The molecule has 6 nitrogen and oxygen atoms in total. The highest BCUT2D eigenvalue weighted by Gasteiger charge is 2.72. The van der Waals surface area contributed by atoms with E-state index in [0.29, 0.717) is 6.42 Å². The van der Waals surface area contributed by atoms with Gasteiger partial charge in [0.1, 0.15) is 11.7 Å². The summed E-state index contributed by atoms with van der Waals surface area (Å²) in [7, 11) is 0. The molecule has 2 aliphatic rings. The zero-order valence-electron chi connectivity index (χ0n) is 11.6. The molecule has 2 N–H and O–H groups in total. The van der Waals surface area contributed by atoms with Gasteiger partial charge in [-0.3, -0.25) is 9.59 Å². The van der Waals surface area contributed by atoms with Crippen LogP contribution in [0.4, 0.5) is 0 Å². The number of hydrogen-bond donors (Lipinski definition) is 2. The molecule has 1 saturated carbocycles. The van der Waals surface area contributed by atoms with E-state index in [1.807, 2.05) is 0 Å². The summed E-state index contributed by atoms with van der Waals surface area (Å²) in [5.41, 5.74) is -3.91. The van der Waals surface area contributed by atoms with Crippen LogP contribution in [0, 0.1) is 5.41 Å². The highest BCUT2D eigenvalue weighted by Crippen LogP contribution is 2.55. The Hall–Kier alpha value is -0.980. The highest BCUT2D eigenvalue weighted by atomic mass is 16.6. The number of Topliss-reactive ketones (excluding diaryl/α,β-unsaturated/α-hetero) is 1. The molecular weight excluding hydrogens is 252 g/mol. The second-order valence-corrected chi connectivity index (χ2v) is 6.30. The van der Waals surface area contributed by atoms with E-state index in [9.17, 15) is 19.8 Å². The Morgan fingerprint density at radius 3 is 2.47 bits per heavy atom. The molecule has 6 heteroatoms. The van der Waals surface area contributed by atoms with Gasteiger partial charge in [0.15, 0.2) is 5.60 Å². The molecule has 0 aromatic heterocycles. The molecule has 0 bridgehead atoms. The third-order valence-electron chi connectivity index (χ3n) is 4.39. The van der Waals surface area contributed by atoms with E-state index in [1.54, 1.807) is 20.8 Å². The van der Waals surface area contributed by atoms with Crippen molar-refractivity contribution in [3.8, 4) is 0 Å². The van der Waals surface area contributed by atoms with Crippen molar-refractivity contribution in [1.82, 2.24) is 0 Å². The molecule has 19 heavy (non-hydrogen) atoms. The molecule has 2 rings (SSSR count). The monoisotopic (exact) mass is 272 g/mol. The Morgan fingerprint density at radius 1 is 1.37 bits per heavy atom. The predicted octanol–water partition coefficient (Wildman–Crippen LogP) is 0.146. The Labute approximate surface area is 111 Å². The van der Waals surface area contributed by atoms with Gasteiger partial charge < -0.3 is 19.7 Å². The van der Waals surface area contributed by atoms with Gasteiger partial charge in [-0.25, -0.2) is 0 Å². The number of rotatable bonds is 1. The van der Waals surface area contributed by atoms with Gasteiger partial charge in [0.05, 0.1) is 0 Å². The summed E-state index contributed by atoms with van der Waals surface area (Å²) < 4.78 is 10.5. The number of esters is 1. The topological polar surface area (TPSA) is 93.1 Å². The Bertz CT molecular complexity index is 431. The van der Waals surface area contributed by atoms with Crippen molar-refractivity contribution in [1.29, 1.82) is 0 Å². The summed E-state index contributed by atoms with van der Waals surface area (Å²) in [4.78, 5) is 23.2. The van der Waals surface area contributed by atoms with Gasteiger partial charge in [-0.1, -0.05) is 13.8 Å². The third-order valence-corrected chi connectivity index (χ3v) is 4.39. The van der Waals surface area contributed by atoms with E-state index in [-0.39, 0.29) is 6.42 Å². The minimum Gasteiger partial charge on any atom is -0.462 e. The lowest BCUT2D eigenvalue weighted by molar-refractivity contribution is -0.232. The average Bonchev–Trinajstić information content (AvgIpc) is 2.38. The molecule has 1 aliphatic carbocycles. The minimum atomic E-state index is -1.78. The Balaban J connectivity index is 2.40. The van der Waals surface area contributed by atoms with Crippen LogP contribution in [0.3, 0.4) is 0 Å². The maximum Gasteiger partial charge on any atom is 0.302 e. The molecule has 0 radical (unpaired) electrons. The second kappa shape index (κ2) is 4.01. The first-order chi connectivity index (χ1) is 8.53. The van der Waals surface area contributed by atoms with Gasteiger partial charge in [-0.2, -0.15) is 0 Å². The van der Waals surface area contributed by atoms with Gasteiger partial charge >= 0.3 is 5.97 Å². The number of carbonyl (C=O) groups is 2. The number of hydrogen-bond acceptors (Lipinski definition) is 6. The van der Waals surface area contributed by atoms with Crippen LogP contribution in [-0.2, 0) is 19.1 Å². The first-order valence-corrected chi connectivity index (χ1v) is 6.33. The van der Waals surface area contributed by atoms with Crippen molar-refractivity contribution in [3.05, 3.63) is 0 Å². The molecule has 1 saturated heterocycles. The second-order valence-electron chi connectivity index (χ2n) is 6.30. The lowest BCUT2D eigenvalue weighted by Gasteiger charge is -2.52. The summed E-state index contributed by atoms with van der Waals surface area (Å²) in [6.07, 6.45) is -1.57. The maximum absolute atomic E-state index is 12.1. The van der Waals surface area contributed by atoms with E-state index in [1.165, 1.54) is 6.92 Å². The largest absolute Gasteiger partial charge is 0.462 e. The molecule has 2 fully saturated rings. The molecule has 4 unspecified atom stereocenters. The fraction of sp³-hybridized carbons (Fsp3) is 0.846. The lowest BCUT2D eigenvalue weighted by Crippen LogP contribution is -2.67. The molecule has 0 amide bonds. The highest BCUT2D eigenvalue weighted by molar-refractivity contribution is 5.94. The van der Waals surface area contributed by atoms with Crippen LogP contribution >= 0.6 is 0 Å². The van der Waals surface area contributed by atoms with E-state index in [2.05, 4.69) is 0 Å². The summed E-state index contributed by atoms with van der Waals surface area (Å²) in [5, 5.41) is 20.4. The van der Waals surface area contributed by atoms with Crippen molar-refractivity contribution < 1.29 is 29.3 Å². The number of ketones is 1. The van der Waals surface area contributed by atoms with E-state index < -0.39 is 40.8 Å². The lowest BCUT2D eigenvalue weighted by atomic mass is 9.57. The molecule has 0 spiro atoms. The van der Waals surface area contributed by atoms with Gasteiger partial charge in [-0.15, -0.1) is 0 Å². The fourth-order valence-corrected chi connectivity index (χ4v) is 3.61. The van der Waals surface area contributed by atoms with Crippen LogP contribution in [0.1, 0.15) is 40.5 Å². The zero-order chi connectivity index (χ0) is 14.6. The SMILES string of the molecule is CC(=O)OC1CC(C)(C)C2(O)C(=O)C(O)OC2(C)C1. The van der Waals surface area contributed by atoms with Gasteiger partial charge in [0, 0.05) is 18.8 Å². The number of ether oxygens (including phenoxy) is 2. The maximum atomic E-state index is 12.1. The van der Waals surface area contributed by atoms with Crippen LogP contribution in [0.5, 0.6) is 0 Å². The van der Waals surface area contributed by atoms with Crippen molar-refractivity contribution >= 4 is 11.8 Å². The van der Waals surface area contributed by atoms with E-state index in [0.717, 1.165) is 0 Å². The van der Waals surface area contributed by atoms with E-state index in [4.69, 9.17) is 9.47 Å². The fourth-order valence-electron chi connectivity index (χ4n) is 3.61. The molecule has 108 valence electrons. The van der Waals surface area contributed by atoms with Crippen LogP contribution < -0.4 is 0 Å².